The van der Waals surface area contributed by atoms with Crippen LogP contribution in [0.4, 0.5) is 4.39 Å². The molecule has 0 amide bonds. The first-order valence-corrected chi connectivity index (χ1v) is 4.39. The van der Waals surface area contributed by atoms with Gasteiger partial charge in [-0.2, -0.15) is 0 Å². The molecule has 1 rings (SSSR count). The summed E-state index contributed by atoms with van der Waals surface area (Å²) in [6.07, 6.45) is 0.422. The zero-order valence-electron chi connectivity index (χ0n) is 8.44. The summed E-state index contributed by atoms with van der Waals surface area (Å²) in [5.74, 6) is -0.233. The first-order valence-electron chi connectivity index (χ1n) is 4.39. The van der Waals surface area contributed by atoms with E-state index in [1.807, 2.05) is 0 Å². The van der Waals surface area contributed by atoms with E-state index in [9.17, 15) is 4.39 Å². The Morgan fingerprint density at radius 2 is 2.20 bits per heavy atom. The quantitative estimate of drug-likeness (QED) is 0.834. The second kappa shape index (κ2) is 6.61. The zero-order chi connectivity index (χ0) is 10.6. The maximum Gasteiger partial charge on any atom is 0.165 e. The van der Waals surface area contributed by atoms with Crippen molar-refractivity contribution in [3.8, 4) is 5.75 Å². The van der Waals surface area contributed by atoms with Gasteiger partial charge in [0, 0.05) is 12.6 Å². The Balaban J connectivity index is 0.00000196. The van der Waals surface area contributed by atoms with Crippen LogP contribution in [0.5, 0.6) is 5.75 Å². The van der Waals surface area contributed by atoms with Crippen LogP contribution in [-0.2, 0) is 0 Å². The van der Waals surface area contributed by atoms with Crippen LogP contribution >= 0.6 is 12.4 Å². The number of hydrogen-bond acceptors (Lipinski definition) is 3. The summed E-state index contributed by atoms with van der Waals surface area (Å²) in [7, 11) is 1.41. The van der Waals surface area contributed by atoms with E-state index in [1.54, 1.807) is 6.07 Å². The SMILES string of the molecule is COc1ccc([C@H](N)CCO)cc1F.Cl. The lowest BCUT2D eigenvalue weighted by atomic mass is 10.0. The van der Waals surface area contributed by atoms with Crippen molar-refractivity contribution in [3.63, 3.8) is 0 Å². The molecule has 0 heterocycles. The van der Waals surface area contributed by atoms with Crippen molar-refractivity contribution in [2.24, 2.45) is 5.73 Å². The molecule has 3 N–H and O–H groups in total. The van der Waals surface area contributed by atoms with E-state index in [0.29, 0.717) is 12.0 Å². The molecule has 1 aromatic carbocycles. The van der Waals surface area contributed by atoms with Gasteiger partial charge in [0.15, 0.2) is 11.6 Å². The van der Waals surface area contributed by atoms with Crippen molar-refractivity contribution >= 4 is 12.4 Å². The molecule has 0 radical (unpaired) electrons. The number of halogens is 2. The second-order valence-corrected chi connectivity index (χ2v) is 3.01. The molecular weight excluding hydrogens is 221 g/mol. The number of aliphatic hydroxyl groups is 1. The Kier molecular flexibility index (Phi) is 6.24. The lowest BCUT2D eigenvalue weighted by molar-refractivity contribution is 0.276. The molecule has 0 aliphatic carbocycles. The minimum Gasteiger partial charge on any atom is -0.494 e. The molecule has 5 heteroatoms. The molecule has 3 nitrogen and oxygen atoms in total. The van der Waals surface area contributed by atoms with Crippen molar-refractivity contribution in [2.75, 3.05) is 13.7 Å². The van der Waals surface area contributed by atoms with E-state index in [2.05, 4.69) is 0 Å². The van der Waals surface area contributed by atoms with Gasteiger partial charge in [-0.05, 0) is 24.1 Å². The van der Waals surface area contributed by atoms with E-state index < -0.39 is 5.82 Å². The standard InChI is InChI=1S/C10H14FNO2.ClH/c1-14-10-3-2-7(6-8(10)11)9(12)4-5-13;/h2-3,6,9,13H,4-5,12H2,1H3;1H/t9-;/m1./s1. The molecule has 0 saturated carbocycles. The van der Waals surface area contributed by atoms with Crippen LogP contribution in [0, 0.1) is 5.82 Å². The van der Waals surface area contributed by atoms with Crippen LogP contribution in [0.3, 0.4) is 0 Å². The number of benzene rings is 1. The van der Waals surface area contributed by atoms with Crippen LogP contribution in [0.2, 0.25) is 0 Å². The molecule has 15 heavy (non-hydrogen) atoms. The average Bonchev–Trinajstić information content (AvgIpc) is 2.18. The molecular formula is C10H15ClFNO2. The summed E-state index contributed by atoms with van der Waals surface area (Å²) in [5.41, 5.74) is 6.36. The second-order valence-electron chi connectivity index (χ2n) is 3.01. The lowest BCUT2D eigenvalue weighted by Crippen LogP contribution is -2.12. The number of hydrogen-bond donors (Lipinski definition) is 2. The minimum absolute atomic E-state index is 0. The van der Waals surface area contributed by atoms with E-state index in [0.717, 1.165) is 0 Å². The molecule has 0 aliphatic rings. The van der Waals surface area contributed by atoms with E-state index in [4.69, 9.17) is 15.6 Å². The van der Waals surface area contributed by atoms with Crippen LogP contribution in [0.1, 0.15) is 18.0 Å². The van der Waals surface area contributed by atoms with Gasteiger partial charge >= 0.3 is 0 Å². The molecule has 0 aliphatic heterocycles. The molecule has 0 saturated heterocycles. The molecule has 0 bridgehead atoms. The predicted octanol–water partition coefficient (Wildman–Crippen LogP) is 1.64. The maximum absolute atomic E-state index is 13.2. The summed E-state index contributed by atoms with van der Waals surface area (Å²) in [6, 6.07) is 4.23. The van der Waals surface area contributed by atoms with Crippen molar-refractivity contribution in [2.45, 2.75) is 12.5 Å². The summed E-state index contributed by atoms with van der Waals surface area (Å²) >= 11 is 0. The molecule has 1 atom stereocenters. The summed E-state index contributed by atoms with van der Waals surface area (Å²) < 4.78 is 18.0. The predicted molar refractivity (Wildman–Crippen MR) is 58.8 cm³/mol. The average molecular weight is 236 g/mol. The molecule has 0 fully saturated rings. The Hall–Kier alpha value is -0.840. The highest BCUT2D eigenvalue weighted by atomic mass is 35.5. The highest BCUT2D eigenvalue weighted by Crippen LogP contribution is 2.21. The van der Waals surface area contributed by atoms with Gasteiger partial charge in [-0.25, -0.2) is 4.39 Å². The zero-order valence-corrected chi connectivity index (χ0v) is 9.26. The molecule has 0 aromatic heterocycles. The fourth-order valence-corrected chi connectivity index (χ4v) is 1.22. The van der Waals surface area contributed by atoms with Crippen molar-refractivity contribution in [1.82, 2.24) is 0 Å². The molecule has 0 spiro atoms. The first-order chi connectivity index (χ1) is 6.69. The summed E-state index contributed by atoms with van der Waals surface area (Å²) in [6.45, 7) is -0.00514. The molecule has 1 aromatic rings. The lowest BCUT2D eigenvalue weighted by Gasteiger charge is -2.11. The largest absolute Gasteiger partial charge is 0.494 e. The van der Waals surface area contributed by atoms with Crippen LogP contribution in [0.15, 0.2) is 18.2 Å². The van der Waals surface area contributed by atoms with Crippen LogP contribution in [-0.4, -0.2) is 18.8 Å². The van der Waals surface area contributed by atoms with Gasteiger partial charge in [0.25, 0.3) is 0 Å². The van der Waals surface area contributed by atoms with Gasteiger partial charge in [0.1, 0.15) is 0 Å². The smallest absolute Gasteiger partial charge is 0.165 e. The third-order valence-electron chi connectivity index (χ3n) is 2.04. The van der Waals surface area contributed by atoms with Gasteiger partial charge in [-0.15, -0.1) is 12.4 Å². The Bertz CT molecular complexity index is 309. The summed E-state index contributed by atoms with van der Waals surface area (Å²) in [5, 5.41) is 8.67. The van der Waals surface area contributed by atoms with Crippen molar-refractivity contribution in [3.05, 3.63) is 29.6 Å². The van der Waals surface area contributed by atoms with E-state index in [1.165, 1.54) is 19.2 Å². The van der Waals surface area contributed by atoms with Gasteiger partial charge < -0.3 is 15.6 Å². The van der Waals surface area contributed by atoms with E-state index >= 15 is 0 Å². The highest BCUT2D eigenvalue weighted by Gasteiger charge is 2.09. The Morgan fingerprint density at radius 3 is 2.67 bits per heavy atom. The molecule has 0 unspecified atom stereocenters. The number of nitrogens with two attached hydrogens (primary N) is 1. The fraction of sp³-hybridized carbons (Fsp3) is 0.400. The topological polar surface area (TPSA) is 55.5 Å². The van der Waals surface area contributed by atoms with E-state index in [-0.39, 0.29) is 30.8 Å². The maximum atomic E-state index is 13.2. The normalized spacial score (nSPS) is 11.7. The number of methoxy groups -OCH3 is 1. The Labute approximate surface area is 94.5 Å². The van der Waals surface area contributed by atoms with Gasteiger partial charge in [0.05, 0.1) is 7.11 Å². The monoisotopic (exact) mass is 235 g/mol. The van der Waals surface area contributed by atoms with Gasteiger partial charge in [-0.3, -0.25) is 0 Å². The third kappa shape index (κ3) is 3.66. The third-order valence-corrected chi connectivity index (χ3v) is 2.04. The molecule has 86 valence electrons. The number of ether oxygens (including phenoxy) is 1. The number of rotatable bonds is 4. The van der Waals surface area contributed by atoms with Crippen LogP contribution in [0.25, 0.3) is 0 Å². The van der Waals surface area contributed by atoms with Gasteiger partial charge in [-0.1, -0.05) is 6.07 Å². The summed E-state index contributed by atoms with van der Waals surface area (Å²) in [4.78, 5) is 0. The fourth-order valence-electron chi connectivity index (χ4n) is 1.22. The number of aliphatic hydroxyl groups excluding tert-OH is 1. The Morgan fingerprint density at radius 1 is 1.53 bits per heavy atom. The van der Waals surface area contributed by atoms with Crippen LogP contribution < -0.4 is 10.5 Å². The van der Waals surface area contributed by atoms with Crippen molar-refractivity contribution < 1.29 is 14.2 Å². The first kappa shape index (κ1) is 14.2. The highest BCUT2D eigenvalue weighted by molar-refractivity contribution is 5.85. The minimum atomic E-state index is -0.432. The van der Waals surface area contributed by atoms with Gasteiger partial charge in [0.2, 0.25) is 0 Å². The van der Waals surface area contributed by atoms with Crippen molar-refractivity contribution in [1.29, 1.82) is 0 Å².